The first-order valence-corrected chi connectivity index (χ1v) is 10.4. The van der Waals surface area contributed by atoms with Gasteiger partial charge in [0.15, 0.2) is 0 Å². The molecule has 9 heteroatoms. The van der Waals surface area contributed by atoms with Crippen molar-refractivity contribution in [3.8, 4) is 5.75 Å². The van der Waals surface area contributed by atoms with Crippen molar-refractivity contribution in [3.63, 3.8) is 0 Å². The molecule has 0 bridgehead atoms. The van der Waals surface area contributed by atoms with Crippen molar-refractivity contribution in [2.75, 3.05) is 26.3 Å². The lowest BCUT2D eigenvalue weighted by Crippen LogP contribution is -2.35. The minimum absolute atomic E-state index is 0.0312. The van der Waals surface area contributed by atoms with Crippen molar-refractivity contribution in [2.45, 2.75) is 20.4 Å². The molecule has 2 aromatic carbocycles. The molecule has 0 atom stereocenters. The Balaban J connectivity index is 1.71. The number of carbonyl (C=O) groups excluding carboxylic acids is 4. The second-order valence-electron chi connectivity index (χ2n) is 6.91. The summed E-state index contributed by atoms with van der Waals surface area (Å²) in [5.74, 6) is -0.746. The van der Waals surface area contributed by atoms with Crippen LogP contribution in [0.2, 0.25) is 0 Å². The molecule has 0 aromatic heterocycles. The van der Waals surface area contributed by atoms with Gasteiger partial charge in [0.05, 0.1) is 36.4 Å². The van der Waals surface area contributed by atoms with E-state index in [4.69, 9.17) is 9.47 Å². The summed E-state index contributed by atoms with van der Waals surface area (Å²) in [5, 5.41) is 5.23. The Morgan fingerprint density at radius 1 is 0.906 bits per heavy atom. The number of ether oxygens (including phenoxy) is 2. The maximum Gasteiger partial charge on any atom is 0.407 e. The first-order chi connectivity index (χ1) is 15.5. The number of benzene rings is 2. The molecule has 0 unspecified atom stereocenters. The van der Waals surface area contributed by atoms with Gasteiger partial charge in [0.1, 0.15) is 5.75 Å². The highest BCUT2D eigenvalue weighted by atomic mass is 16.5. The maximum atomic E-state index is 12.7. The molecular weight excluding hydrogens is 414 g/mol. The summed E-state index contributed by atoms with van der Waals surface area (Å²) in [6.45, 7) is 4.54. The lowest BCUT2D eigenvalue weighted by molar-refractivity contribution is 0.0642. The third-order valence-corrected chi connectivity index (χ3v) is 4.76. The normalized spacial score (nSPS) is 12.4. The topological polar surface area (TPSA) is 114 Å². The first-order valence-electron chi connectivity index (χ1n) is 10.4. The van der Waals surface area contributed by atoms with Crippen molar-refractivity contribution in [3.05, 3.63) is 64.7 Å². The van der Waals surface area contributed by atoms with Gasteiger partial charge in [-0.3, -0.25) is 19.3 Å². The summed E-state index contributed by atoms with van der Waals surface area (Å²) in [7, 11) is 0. The number of amides is 4. The summed E-state index contributed by atoms with van der Waals surface area (Å²) >= 11 is 0. The molecular formula is C23H25N3O6. The van der Waals surface area contributed by atoms with Crippen LogP contribution in [0, 0.1) is 0 Å². The Bertz CT molecular complexity index is 1000. The lowest BCUT2D eigenvalue weighted by Gasteiger charge is -2.16. The highest BCUT2D eigenvalue weighted by Crippen LogP contribution is 2.26. The van der Waals surface area contributed by atoms with Crippen molar-refractivity contribution in [1.29, 1.82) is 0 Å². The van der Waals surface area contributed by atoms with Gasteiger partial charge in [-0.25, -0.2) is 4.79 Å². The fourth-order valence-electron chi connectivity index (χ4n) is 3.32. The fourth-order valence-corrected chi connectivity index (χ4v) is 3.32. The largest absolute Gasteiger partial charge is 0.493 e. The predicted molar refractivity (Wildman–Crippen MR) is 116 cm³/mol. The summed E-state index contributed by atoms with van der Waals surface area (Å²) in [5.41, 5.74) is 1.63. The zero-order chi connectivity index (χ0) is 23.1. The van der Waals surface area contributed by atoms with E-state index in [0.717, 1.165) is 4.90 Å². The van der Waals surface area contributed by atoms with E-state index >= 15 is 0 Å². The van der Waals surface area contributed by atoms with Gasteiger partial charge >= 0.3 is 6.09 Å². The molecule has 1 aliphatic rings. The quantitative estimate of drug-likeness (QED) is 0.458. The van der Waals surface area contributed by atoms with Crippen LogP contribution in [0.25, 0.3) is 0 Å². The molecule has 0 saturated carbocycles. The van der Waals surface area contributed by atoms with Gasteiger partial charge in [-0.05, 0) is 43.7 Å². The standard InChI is InChI=1S/C23H25N3O6/c1-3-31-19-10-9-15(13-18(19)20(27)24-11-12-25-23(30)32-4-2)14-26-21(28)16-7-5-6-8-17(16)22(26)29/h5-10,13H,3-4,11-12,14H2,1-2H3,(H,24,27)(H,25,30). The first kappa shape index (κ1) is 22.8. The van der Waals surface area contributed by atoms with Crippen LogP contribution in [0.4, 0.5) is 4.79 Å². The number of hydrogen-bond acceptors (Lipinski definition) is 6. The average Bonchev–Trinajstić information content (AvgIpc) is 3.03. The van der Waals surface area contributed by atoms with E-state index in [1.165, 1.54) is 0 Å². The number of fused-ring (bicyclic) bond motifs is 1. The second kappa shape index (κ2) is 10.4. The Labute approximate surface area is 185 Å². The Kier molecular flexibility index (Phi) is 7.43. The Hall–Kier alpha value is -3.88. The van der Waals surface area contributed by atoms with Crippen molar-refractivity contribution in [2.24, 2.45) is 0 Å². The molecule has 0 saturated heterocycles. The highest BCUT2D eigenvalue weighted by Gasteiger charge is 2.35. The molecule has 0 fully saturated rings. The van der Waals surface area contributed by atoms with Crippen LogP contribution >= 0.6 is 0 Å². The third kappa shape index (κ3) is 5.05. The molecule has 2 aromatic rings. The van der Waals surface area contributed by atoms with Crippen molar-refractivity contribution < 1.29 is 28.7 Å². The van der Waals surface area contributed by atoms with Crippen molar-refractivity contribution in [1.82, 2.24) is 15.5 Å². The van der Waals surface area contributed by atoms with Gasteiger partial charge in [-0.1, -0.05) is 18.2 Å². The number of alkyl carbamates (subject to hydrolysis) is 1. The van der Waals surface area contributed by atoms with Gasteiger partial charge in [0.2, 0.25) is 0 Å². The van der Waals surface area contributed by atoms with E-state index in [1.54, 1.807) is 56.3 Å². The molecule has 0 aliphatic carbocycles. The molecule has 2 N–H and O–H groups in total. The van der Waals surface area contributed by atoms with Crippen LogP contribution in [0.15, 0.2) is 42.5 Å². The molecule has 9 nitrogen and oxygen atoms in total. The second-order valence-corrected chi connectivity index (χ2v) is 6.91. The van der Waals surface area contributed by atoms with Crippen LogP contribution in [0.3, 0.4) is 0 Å². The van der Waals surface area contributed by atoms with E-state index in [2.05, 4.69) is 10.6 Å². The van der Waals surface area contributed by atoms with Crippen LogP contribution < -0.4 is 15.4 Å². The lowest BCUT2D eigenvalue weighted by atomic mass is 10.1. The van der Waals surface area contributed by atoms with Gasteiger partial charge < -0.3 is 20.1 Å². The number of nitrogens with zero attached hydrogens (tertiary/aromatic N) is 1. The van der Waals surface area contributed by atoms with Gasteiger partial charge in [0, 0.05) is 13.1 Å². The van der Waals surface area contributed by atoms with E-state index < -0.39 is 12.0 Å². The number of rotatable bonds is 9. The van der Waals surface area contributed by atoms with Crippen LogP contribution in [-0.4, -0.2) is 55.0 Å². The molecule has 0 spiro atoms. The summed E-state index contributed by atoms with van der Waals surface area (Å²) in [4.78, 5) is 50.5. The van der Waals surface area contributed by atoms with Crippen LogP contribution in [-0.2, 0) is 11.3 Å². The van der Waals surface area contributed by atoms with Crippen molar-refractivity contribution >= 4 is 23.8 Å². The molecule has 0 radical (unpaired) electrons. The number of carbonyl (C=O) groups is 4. The molecule has 1 heterocycles. The van der Waals surface area contributed by atoms with E-state index in [9.17, 15) is 19.2 Å². The Morgan fingerprint density at radius 2 is 1.56 bits per heavy atom. The van der Waals surface area contributed by atoms with Gasteiger partial charge in [-0.15, -0.1) is 0 Å². The third-order valence-electron chi connectivity index (χ3n) is 4.76. The molecule has 3 rings (SSSR count). The molecule has 168 valence electrons. The van der Waals surface area contributed by atoms with E-state index in [1.807, 2.05) is 0 Å². The maximum absolute atomic E-state index is 12.7. The zero-order valence-corrected chi connectivity index (χ0v) is 18.0. The van der Waals surface area contributed by atoms with E-state index in [-0.39, 0.29) is 43.6 Å². The number of hydrogen-bond donors (Lipinski definition) is 2. The van der Waals surface area contributed by atoms with E-state index in [0.29, 0.717) is 29.0 Å². The summed E-state index contributed by atoms with van der Waals surface area (Å²) < 4.78 is 10.3. The fraction of sp³-hybridized carbons (Fsp3) is 0.304. The predicted octanol–water partition coefficient (Wildman–Crippen LogP) is 2.36. The minimum atomic E-state index is -0.556. The molecule has 1 aliphatic heterocycles. The Morgan fingerprint density at radius 3 is 2.19 bits per heavy atom. The zero-order valence-electron chi connectivity index (χ0n) is 18.0. The smallest absolute Gasteiger partial charge is 0.407 e. The number of imide groups is 1. The summed E-state index contributed by atoms with van der Waals surface area (Å²) in [6.07, 6.45) is -0.556. The SMILES string of the molecule is CCOC(=O)NCCNC(=O)c1cc(CN2C(=O)c3ccccc3C2=O)ccc1OCC. The van der Waals surface area contributed by atoms with Crippen LogP contribution in [0.5, 0.6) is 5.75 Å². The van der Waals surface area contributed by atoms with Gasteiger partial charge in [-0.2, -0.15) is 0 Å². The van der Waals surface area contributed by atoms with Gasteiger partial charge in [0.25, 0.3) is 17.7 Å². The molecule has 4 amide bonds. The summed E-state index contributed by atoms with van der Waals surface area (Å²) in [6, 6.07) is 11.6. The highest BCUT2D eigenvalue weighted by molar-refractivity contribution is 6.21. The monoisotopic (exact) mass is 439 g/mol. The average molecular weight is 439 g/mol. The molecule has 32 heavy (non-hydrogen) atoms. The number of nitrogens with one attached hydrogen (secondary N) is 2. The minimum Gasteiger partial charge on any atom is -0.493 e. The van der Waals surface area contributed by atoms with Crippen LogP contribution in [0.1, 0.15) is 50.5 Å².